The lowest BCUT2D eigenvalue weighted by Gasteiger charge is -2.07. The summed E-state index contributed by atoms with van der Waals surface area (Å²) in [5.74, 6) is 0.213. The van der Waals surface area contributed by atoms with E-state index in [0.717, 1.165) is 5.56 Å². The van der Waals surface area contributed by atoms with Gasteiger partial charge in [-0.05, 0) is 18.6 Å². The van der Waals surface area contributed by atoms with E-state index in [1.165, 1.54) is 7.11 Å². The Hall–Kier alpha value is -2.09. The van der Waals surface area contributed by atoms with Gasteiger partial charge in [0.25, 0.3) is 0 Å². The van der Waals surface area contributed by atoms with Crippen LogP contribution in [0.5, 0.6) is 0 Å². The highest BCUT2D eigenvalue weighted by molar-refractivity contribution is 5.70. The Morgan fingerprint density at radius 3 is 3.06 bits per heavy atom. The molecule has 1 aromatic rings. The van der Waals surface area contributed by atoms with Crippen LogP contribution in [0.2, 0.25) is 0 Å². The molecule has 0 radical (unpaired) electrons. The molecule has 0 aromatic carbocycles. The molecule has 0 amide bonds. The molecule has 0 fully saturated rings. The number of rotatable bonds is 4. The molecular weight excluding hydrogens is 206 g/mol. The molecule has 1 N–H and O–H groups in total. The molecule has 0 aliphatic carbocycles. The van der Waals surface area contributed by atoms with Gasteiger partial charge in [-0.2, -0.15) is 5.26 Å². The summed E-state index contributed by atoms with van der Waals surface area (Å²) in [5, 5.41) is 11.9. The van der Waals surface area contributed by atoms with Crippen molar-refractivity contribution in [2.75, 3.05) is 19.0 Å². The summed E-state index contributed by atoms with van der Waals surface area (Å²) in [6, 6.07) is 3.84. The molecule has 0 aliphatic heterocycles. The smallest absolute Gasteiger partial charge is 0.307 e. The van der Waals surface area contributed by atoms with Gasteiger partial charge in [-0.25, -0.2) is 4.98 Å². The van der Waals surface area contributed by atoms with Crippen LogP contribution in [0.15, 0.2) is 12.3 Å². The summed E-state index contributed by atoms with van der Waals surface area (Å²) >= 11 is 0. The van der Waals surface area contributed by atoms with E-state index in [1.807, 2.05) is 6.92 Å². The van der Waals surface area contributed by atoms with Gasteiger partial charge >= 0.3 is 5.97 Å². The van der Waals surface area contributed by atoms with Gasteiger partial charge in [0.1, 0.15) is 11.9 Å². The molecule has 5 heteroatoms. The number of carbonyl (C=O) groups excluding carboxylic acids is 1. The third-order valence-electron chi connectivity index (χ3n) is 2.12. The first kappa shape index (κ1) is 12.0. The number of hydrogen-bond acceptors (Lipinski definition) is 5. The minimum absolute atomic E-state index is 0.247. The summed E-state index contributed by atoms with van der Waals surface area (Å²) in [6.45, 7) is 2.24. The summed E-state index contributed by atoms with van der Waals surface area (Å²) in [6.07, 6.45) is 1.87. The minimum atomic E-state index is -0.293. The monoisotopic (exact) mass is 219 g/mol. The molecule has 0 unspecified atom stereocenters. The van der Waals surface area contributed by atoms with Gasteiger partial charge in [0.15, 0.2) is 0 Å². The Morgan fingerprint density at radius 1 is 1.69 bits per heavy atom. The van der Waals surface area contributed by atoms with E-state index in [9.17, 15) is 4.79 Å². The predicted octanol–water partition coefficient (Wildman–Crippen LogP) is 1.24. The van der Waals surface area contributed by atoms with Gasteiger partial charge in [-0.15, -0.1) is 0 Å². The first-order valence-corrected chi connectivity index (χ1v) is 4.85. The number of anilines is 1. The van der Waals surface area contributed by atoms with Crippen LogP contribution in [0.1, 0.15) is 17.5 Å². The van der Waals surface area contributed by atoms with Gasteiger partial charge in [0.05, 0.1) is 19.1 Å². The molecule has 5 nitrogen and oxygen atoms in total. The number of methoxy groups -OCH3 is 1. The van der Waals surface area contributed by atoms with E-state index in [0.29, 0.717) is 17.9 Å². The second-order valence-corrected chi connectivity index (χ2v) is 3.22. The average molecular weight is 219 g/mol. The zero-order chi connectivity index (χ0) is 12.0. The van der Waals surface area contributed by atoms with Crippen LogP contribution in [0.3, 0.4) is 0 Å². The maximum atomic E-state index is 10.9. The van der Waals surface area contributed by atoms with E-state index in [1.54, 1.807) is 12.3 Å². The Kier molecular flexibility index (Phi) is 4.28. The number of aryl methyl sites for hydroxylation is 1. The SMILES string of the molecule is COC(=O)CCNc1nccc(C)c1C#N. The number of nitrogens with zero attached hydrogens (tertiary/aromatic N) is 2. The van der Waals surface area contributed by atoms with Crippen molar-refractivity contribution in [1.82, 2.24) is 4.98 Å². The molecule has 0 saturated heterocycles. The topological polar surface area (TPSA) is 75.0 Å². The second kappa shape index (κ2) is 5.71. The summed E-state index contributed by atoms with van der Waals surface area (Å²) < 4.78 is 4.50. The molecule has 1 aromatic heterocycles. The first-order valence-electron chi connectivity index (χ1n) is 4.85. The molecule has 1 heterocycles. The number of nitrogens with one attached hydrogen (secondary N) is 1. The molecule has 16 heavy (non-hydrogen) atoms. The maximum Gasteiger partial charge on any atom is 0.307 e. The Morgan fingerprint density at radius 2 is 2.44 bits per heavy atom. The number of hydrogen-bond donors (Lipinski definition) is 1. The van der Waals surface area contributed by atoms with Crippen molar-refractivity contribution in [3.05, 3.63) is 23.4 Å². The van der Waals surface area contributed by atoms with Crippen molar-refractivity contribution in [1.29, 1.82) is 5.26 Å². The van der Waals surface area contributed by atoms with Crippen LogP contribution in [0.4, 0.5) is 5.82 Å². The van der Waals surface area contributed by atoms with Crippen molar-refractivity contribution in [3.63, 3.8) is 0 Å². The lowest BCUT2D eigenvalue weighted by atomic mass is 10.1. The highest BCUT2D eigenvalue weighted by Gasteiger charge is 2.06. The quantitative estimate of drug-likeness (QED) is 0.771. The largest absolute Gasteiger partial charge is 0.469 e. The van der Waals surface area contributed by atoms with Crippen LogP contribution in [-0.4, -0.2) is 24.6 Å². The highest BCUT2D eigenvalue weighted by atomic mass is 16.5. The van der Waals surface area contributed by atoms with Gasteiger partial charge in [0, 0.05) is 12.7 Å². The van der Waals surface area contributed by atoms with Gasteiger partial charge in [-0.3, -0.25) is 4.79 Å². The van der Waals surface area contributed by atoms with Gasteiger partial charge in [-0.1, -0.05) is 0 Å². The number of esters is 1. The van der Waals surface area contributed by atoms with Crippen molar-refractivity contribution in [2.24, 2.45) is 0 Å². The molecule has 1 rings (SSSR count). The maximum absolute atomic E-state index is 10.9. The van der Waals surface area contributed by atoms with Crippen LogP contribution >= 0.6 is 0 Å². The van der Waals surface area contributed by atoms with Crippen molar-refractivity contribution >= 4 is 11.8 Å². The molecule has 0 spiro atoms. The van der Waals surface area contributed by atoms with E-state index < -0.39 is 0 Å². The Balaban J connectivity index is 2.64. The molecule has 0 atom stereocenters. The van der Waals surface area contributed by atoms with Gasteiger partial charge < -0.3 is 10.1 Å². The standard InChI is InChI=1S/C11H13N3O2/c1-8-3-5-13-11(9(8)7-12)14-6-4-10(15)16-2/h3,5H,4,6H2,1-2H3,(H,13,14). The van der Waals surface area contributed by atoms with Crippen molar-refractivity contribution in [2.45, 2.75) is 13.3 Å². The van der Waals surface area contributed by atoms with Crippen LogP contribution in [0.25, 0.3) is 0 Å². The molecule has 0 bridgehead atoms. The number of carbonyl (C=O) groups is 1. The van der Waals surface area contributed by atoms with E-state index in [4.69, 9.17) is 5.26 Å². The molecular formula is C11H13N3O2. The second-order valence-electron chi connectivity index (χ2n) is 3.22. The third-order valence-corrected chi connectivity index (χ3v) is 2.12. The summed E-state index contributed by atoms with van der Waals surface area (Å²) in [4.78, 5) is 14.9. The fraction of sp³-hybridized carbons (Fsp3) is 0.364. The first-order chi connectivity index (χ1) is 7.69. The predicted molar refractivity (Wildman–Crippen MR) is 58.8 cm³/mol. The number of pyridine rings is 1. The van der Waals surface area contributed by atoms with Crippen molar-refractivity contribution in [3.8, 4) is 6.07 Å². The Labute approximate surface area is 94.1 Å². The van der Waals surface area contributed by atoms with Crippen LogP contribution < -0.4 is 5.32 Å². The zero-order valence-corrected chi connectivity index (χ0v) is 9.28. The zero-order valence-electron chi connectivity index (χ0n) is 9.28. The van der Waals surface area contributed by atoms with Crippen LogP contribution in [0, 0.1) is 18.3 Å². The molecule has 84 valence electrons. The molecule has 0 saturated carbocycles. The number of ether oxygens (including phenoxy) is 1. The summed E-state index contributed by atoms with van der Waals surface area (Å²) in [7, 11) is 1.34. The van der Waals surface area contributed by atoms with E-state index in [2.05, 4.69) is 21.1 Å². The van der Waals surface area contributed by atoms with Crippen molar-refractivity contribution < 1.29 is 9.53 Å². The van der Waals surface area contributed by atoms with E-state index >= 15 is 0 Å². The fourth-order valence-corrected chi connectivity index (χ4v) is 1.22. The number of nitriles is 1. The lowest BCUT2D eigenvalue weighted by Crippen LogP contribution is -2.11. The number of aromatic nitrogens is 1. The van der Waals surface area contributed by atoms with Gasteiger partial charge in [0.2, 0.25) is 0 Å². The summed E-state index contributed by atoms with van der Waals surface area (Å²) in [5.41, 5.74) is 1.37. The van der Waals surface area contributed by atoms with Crippen LogP contribution in [-0.2, 0) is 9.53 Å². The van der Waals surface area contributed by atoms with E-state index in [-0.39, 0.29) is 12.4 Å². The molecule has 0 aliphatic rings. The third kappa shape index (κ3) is 2.95. The Bertz CT molecular complexity index is 424. The highest BCUT2D eigenvalue weighted by Crippen LogP contribution is 2.14. The fourth-order valence-electron chi connectivity index (χ4n) is 1.22. The normalized spacial score (nSPS) is 9.31. The minimum Gasteiger partial charge on any atom is -0.469 e. The lowest BCUT2D eigenvalue weighted by molar-refractivity contribution is -0.140. The average Bonchev–Trinajstić information content (AvgIpc) is 2.29.